The Morgan fingerprint density at radius 2 is 1.90 bits per heavy atom. The molecule has 0 aromatic heterocycles. The third-order valence-corrected chi connectivity index (χ3v) is 6.37. The van der Waals surface area contributed by atoms with E-state index in [0.717, 1.165) is 23.2 Å². The van der Waals surface area contributed by atoms with Crippen LogP contribution >= 0.6 is 0 Å². The third kappa shape index (κ3) is 4.66. The average molecular weight is 407 g/mol. The highest BCUT2D eigenvalue weighted by molar-refractivity contribution is 5.86. The van der Waals surface area contributed by atoms with Gasteiger partial charge in [-0.2, -0.15) is 5.10 Å². The van der Waals surface area contributed by atoms with Gasteiger partial charge in [0.15, 0.2) is 0 Å². The van der Waals surface area contributed by atoms with E-state index in [1.54, 1.807) is 6.21 Å². The number of carbonyl (C=O) groups excluding carboxylic acids is 1. The molecular formula is C25H34N4O. The van der Waals surface area contributed by atoms with Crippen molar-refractivity contribution in [2.45, 2.75) is 59.4 Å². The molecule has 160 valence electrons. The number of rotatable bonds is 5. The summed E-state index contributed by atoms with van der Waals surface area (Å²) in [4.78, 5) is 14.5. The van der Waals surface area contributed by atoms with Crippen LogP contribution in [0.15, 0.2) is 35.4 Å². The summed E-state index contributed by atoms with van der Waals surface area (Å²) in [5, 5.41) is 7.33. The Bertz CT molecular complexity index is 977. The second kappa shape index (κ2) is 8.50. The van der Waals surface area contributed by atoms with E-state index in [1.807, 2.05) is 18.2 Å². The minimum absolute atomic E-state index is 0.144. The van der Waals surface area contributed by atoms with Crippen LogP contribution in [-0.2, 0) is 4.79 Å². The van der Waals surface area contributed by atoms with Crippen LogP contribution in [0.25, 0.3) is 0 Å². The van der Waals surface area contributed by atoms with E-state index < -0.39 is 0 Å². The molecule has 2 aromatic carbocycles. The lowest BCUT2D eigenvalue weighted by atomic mass is 9.79. The van der Waals surface area contributed by atoms with Gasteiger partial charge in [-0.25, -0.2) is 5.43 Å². The second-order valence-electron chi connectivity index (χ2n) is 9.19. The molecule has 2 aromatic rings. The summed E-state index contributed by atoms with van der Waals surface area (Å²) < 4.78 is 0. The summed E-state index contributed by atoms with van der Waals surface area (Å²) >= 11 is 0. The van der Waals surface area contributed by atoms with Crippen molar-refractivity contribution in [3.05, 3.63) is 58.1 Å². The van der Waals surface area contributed by atoms with Gasteiger partial charge in [0.2, 0.25) is 0 Å². The molecule has 2 N–H and O–H groups in total. The molecule has 3 rings (SSSR count). The van der Waals surface area contributed by atoms with Crippen LogP contribution in [0.5, 0.6) is 0 Å². The zero-order chi connectivity index (χ0) is 22.1. The molecule has 0 spiro atoms. The lowest BCUT2D eigenvalue weighted by Crippen LogP contribution is -2.45. The summed E-state index contributed by atoms with van der Waals surface area (Å²) in [6, 6.07) is 10.5. The number of nitrogens with zero attached hydrogens (tertiary/aromatic N) is 2. The Morgan fingerprint density at radius 3 is 2.60 bits per heavy atom. The number of benzene rings is 2. The number of nitrogens with one attached hydrogen (secondary N) is 2. The maximum absolute atomic E-state index is 12.1. The summed E-state index contributed by atoms with van der Waals surface area (Å²) in [6.07, 6.45) is 2.85. The first kappa shape index (κ1) is 21.9. The summed E-state index contributed by atoms with van der Waals surface area (Å²) in [5.74, 6) is 0.311. The highest BCUT2D eigenvalue weighted by Crippen LogP contribution is 2.43. The molecule has 0 saturated heterocycles. The van der Waals surface area contributed by atoms with Crippen molar-refractivity contribution < 1.29 is 4.79 Å². The highest BCUT2D eigenvalue weighted by atomic mass is 16.2. The van der Waals surface area contributed by atoms with Gasteiger partial charge in [-0.1, -0.05) is 13.0 Å². The maximum Gasteiger partial charge on any atom is 0.259 e. The lowest BCUT2D eigenvalue weighted by molar-refractivity contribution is -0.119. The Labute approximate surface area is 180 Å². The van der Waals surface area contributed by atoms with Crippen molar-refractivity contribution in [2.75, 3.05) is 23.8 Å². The monoisotopic (exact) mass is 406 g/mol. The minimum atomic E-state index is -0.171. The normalized spacial score (nSPS) is 17.7. The maximum atomic E-state index is 12.1. The average Bonchev–Trinajstić information content (AvgIpc) is 2.67. The highest BCUT2D eigenvalue weighted by Gasteiger charge is 2.34. The standard InChI is InChI=1S/C25H34N4O/c1-16-8-9-21(10-17(16)2)26-15-24(30)28-27-14-20-12-22-19(4)13-25(5,6)29(7)23(22)11-18(20)3/h8-12,14,19,26H,13,15H2,1-7H3,(H,28,30)/b27-14-. The molecule has 1 amide bonds. The number of hydrogen-bond acceptors (Lipinski definition) is 4. The molecule has 0 saturated carbocycles. The van der Waals surface area contributed by atoms with Gasteiger partial charge in [-0.3, -0.25) is 4.79 Å². The molecule has 1 unspecified atom stereocenters. The molecule has 0 radical (unpaired) electrons. The fraction of sp³-hybridized carbons (Fsp3) is 0.440. The van der Waals surface area contributed by atoms with Crippen LogP contribution in [0.3, 0.4) is 0 Å². The fourth-order valence-corrected chi connectivity index (χ4v) is 4.12. The third-order valence-electron chi connectivity index (χ3n) is 6.37. The van der Waals surface area contributed by atoms with E-state index in [9.17, 15) is 4.79 Å². The summed E-state index contributed by atoms with van der Waals surface area (Å²) in [7, 11) is 2.17. The molecule has 1 atom stereocenters. The van der Waals surface area contributed by atoms with Crippen molar-refractivity contribution >= 4 is 23.5 Å². The zero-order valence-corrected chi connectivity index (χ0v) is 19.3. The van der Waals surface area contributed by atoms with Crippen LogP contribution in [0.2, 0.25) is 0 Å². The van der Waals surface area contributed by atoms with Crippen LogP contribution in [0.1, 0.15) is 60.9 Å². The minimum Gasteiger partial charge on any atom is -0.376 e. The number of amides is 1. The van der Waals surface area contributed by atoms with Crippen LogP contribution in [0, 0.1) is 20.8 Å². The first-order chi connectivity index (χ1) is 14.1. The van der Waals surface area contributed by atoms with E-state index in [0.29, 0.717) is 5.92 Å². The fourth-order valence-electron chi connectivity index (χ4n) is 4.12. The van der Waals surface area contributed by atoms with Crippen LogP contribution in [0.4, 0.5) is 11.4 Å². The Morgan fingerprint density at radius 1 is 1.17 bits per heavy atom. The van der Waals surface area contributed by atoms with Gasteiger partial charge >= 0.3 is 0 Å². The van der Waals surface area contributed by atoms with Gasteiger partial charge in [0.05, 0.1) is 12.8 Å². The molecule has 30 heavy (non-hydrogen) atoms. The smallest absolute Gasteiger partial charge is 0.259 e. The van der Waals surface area contributed by atoms with Crippen molar-refractivity contribution in [2.24, 2.45) is 5.10 Å². The predicted molar refractivity (Wildman–Crippen MR) is 127 cm³/mol. The SMILES string of the molecule is Cc1ccc(NCC(=O)N/N=C\c2cc3c(cc2C)N(C)C(C)(C)CC3C)cc1C. The predicted octanol–water partition coefficient (Wildman–Crippen LogP) is 4.90. The van der Waals surface area contributed by atoms with Crippen molar-refractivity contribution in [1.29, 1.82) is 0 Å². The molecular weight excluding hydrogens is 372 g/mol. The number of fused-ring (bicyclic) bond motifs is 1. The van der Waals surface area contributed by atoms with Gasteiger partial charge in [0, 0.05) is 24.0 Å². The van der Waals surface area contributed by atoms with E-state index in [2.05, 4.69) is 81.5 Å². The Kier molecular flexibility index (Phi) is 6.20. The van der Waals surface area contributed by atoms with E-state index >= 15 is 0 Å². The van der Waals surface area contributed by atoms with Gasteiger partial charge in [0.25, 0.3) is 5.91 Å². The zero-order valence-electron chi connectivity index (χ0n) is 19.3. The number of hydrazone groups is 1. The van der Waals surface area contributed by atoms with Crippen LogP contribution in [-0.4, -0.2) is 31.3 Å². The number of aryl methyl sites for hydroxylation is 3. The molecule has 1 aliphatic rings. The summed E-state index contributed by atoms with van der Waals surface area (Å²) in [5.41, 5.74) is 11.0. The Balaban J connectivity index is 1.64. The van der Waals surface area contributed by atoms with Gasteiger partial charge < -0.3 is 10.2 Å². The second-order valence-corrected chi connectivity index (χ2v) is 9.19. The molecule has 5 heteroatoms. The van der Waals surface area contributed by atoms with Crippen molar-refractivity contribution in [3.8, 4) is 0 Å². The molecule has 1 aliphatic heterocycles. The number of anilines is 2. The summed E-state index contributed by atoms with van der Waals surface area (Å²) in [6.45, 7) is 13.3. The molecule has 0 bridgehead atoms. The topological polar surface area (TPSA) is 56.7 Å². The quantitative estimate of drug-likeness (QED) is 0.549. The first-order valence-electron chi connectivity index (χ1n) is 10.6. The lowest BCUT2D eigenvalue weighted by Gasteiger charge is -2.45. The van der Waals surface area contributed by atoms with Crippen LogP contribution < -0.4 is 15.6 Å². The van der Waals surface area contributed by atoms with E-state index in [-0.39, 0.29) is 18.0 Å². The Hall–Kier alpha value is -2.82. The first-order valence-corrected chi connectivity index (χ1v) is 10.6. The van der Waals surface area contributed by atoms with Gasteiger partial charge in [-0.05, 0) is 99.0 Å². The van der Waals surface area contributed by atoms with E-state index in [1.165, 1.54) is 22.4 Å². The molecule has 1 heterocycles. The van der Waals surface area contributed by atoms with Crippen molar-refractivity contribution in [3.63, 3.8) is 0 Å². The van der Waals surface area contributed by atoms with Crippen molar-refractivity contribution in [1.82, 2.24) is 5.43 Å². The molecule has 0 fully saturated rings. The molecule has 0 aliphatic carbocycles. The van der Waals surface area contributed by atoms with E-state index in [4.69, 9.17) is 0 Å². The largest absolute Gasteiger partial charge is 0.376 e. The van der Waals surface area contributed by atoms with Gasteiger partial charge in [0.1, 0.15) is 0 Å². The van der Waals surface area contributed by atoms with Gasteiger partial charge in [-0.15, -0.1) is 0 Å². The molecule has 5 nitrogen and oxygen atoms in total. The number of carbonyl (C=O) groups is 1. The number of hydrogen-bond donors (Lipinski definition) is 2.